The number of aromatic amines is 1. The van der Waals surface area contributed by atoms with Gasteiger partial charge in [0, 0.05) is 10.0 Å². The van der Waals surface area contributed by atoms with E-state index in [2.05, 4.69) is 25.9 Å². The molecule has 19 heavy (non-hydrogen) atoms. The minimum Gasteiger partial charge on any atom is -0.468 e. The fourth-order valence-corrected chi connectivity index (χ4v) is 2.33. The maximum absolute atomic E-state index is 11.7. The van der Waals surface area contributed by atoms with E-state index in [4.69, 9.17) is 4.74 Å². The molecule has 0 radical (unpaired) electrons. The Labute approximate surface area is 120 Å². The fraction of sp³-hybridized carbons (Fsp3) is 0.286. The third-order valence-electron chi connectivity index (χ3n) is 2.96. The molecule has 1 aromatic heterocycles. The van der Waals surface area contributed by atoms with Gasteiger partial charge in [0.25, 0.3) is 0 Å². The summed E-state index contributed by atoms with van der Waals surface area (Å²) in [5, 5.41) is 0. The third-order valence-corrected chi connectivity index (χ3v) is 3.45. The number of ether oxygens (including phenoxy) is 1. The van der Waals surface area contributed by atoms with Gasteiger partial charge >= 0.3 is 5.97 Å². The van der Waals surface area contributed by atoms with Crippen molar-refractivity contribution in [2.75, 3.05) is 7.11 Å². The molecule has 0 spiro atoms. The second kappa shape index (κ2) is 6.02. The zero-order valence-electron chi connectivity index (χ0n) is 10.8. The van der Waals surface area contributed by atoms with E-state index in [0.717, 1.165) is 15.7 Å². The van der Waals surface area contributed by atoms with Gasteiger partial charge in [-0.2, -0.15) is 0 Å². The second-order valence-electron chi connectivity index (χ2n) is 4.18. The van der Waals surface area contributed by atoms with Crippen molar-refractivity contribution in [1.82, 2.24) is 9.97 Å². The molecule has 1 aromatic carbocycles. The van der Waals surface area contributed by atoms with Crippen LogP contribution in [0, 0.1) is 0 Å². The predicted octanol–water partition coefficient (Wildman–Crippen LogP) is 3.51. The van der Waals surface area contributed by atoms with Crippen molar-refractivity contribution >= 4 is 21.9 Å². The molecule has 100 valence electrons. The number of rotatable bonds is 4. The Morgan fingerprint density at radius 3 is 2.95 bits per heavy atom. The maximum Gasteiger partial charge on any atom is 0.316 e. The van der Waals surface area contributed by atoms with Gasteiger partial charge in [0.15, 0.2) is 0 Å². The lowest BCUT2D eigenvalue weighted by Crippen LogP contribution is -2.14. The van der Waals surface area contributed by atoms with Crippen LogP contribution in [0.4, 0.5) is 0 Å². The van der Waals surface area contributed by atoms with Crippen LogP contribution in [-0.4, -0.2) is 23.0 Å². The lowest BCUT2D eigenvalue weighted by Gasteiger charge is -2.08. The average Bonchev–Trinajstić information content (AvgIpc) is 2.89. The molecule has 2 rings (SSSR count). The standard InChI is InChI=1S/C14H15BrN2O2/c1-3-11(14(18)19-2)13-16-8-12(17-13)9-5-4-6-10(15)7-9/h4-8,11H,3H2,1-2H3,(H,16,17). The molecule has 1 atom stereocenters. The number of hydrogen-bond donors (Lipinski definition) is 1. The molecule has 1 N–H and O–H groups in total. The van der Waals surface area contributed by atoms with Crippen molar-refractivity contribution in [3.05, 3.63) is 40.8 Å². The molecule has 0 saturated carbocycles. The van der Waals surface area contributed by atoms with Crippen LogP contribution in [0.5, 0.6) is 0 Å². The van der Waals surface area contributed by atoms with Crippen LogP contribution in [0.3, 0.4) is 0 Å². The number of benzene rings is 1. The highest BCUT2D eigenvalue weighted by molar-refractivity contribution is 9.10. The van der Waals surface area contributed by atoms with Crippen molar-refractivity contribution in [3.8, 4) is 11.3 Å². The molecule has 0 fully saturated rings. The number of imidazole rings is 1. The fourth-order valence-electron chi connectivity index (χ4n) is 1.93. The summed E-state index contributed by atoms with van der Waals surface area (Å²) in [4.78, 5) is 19.1. The van der Waals surface area contributed by atoms with Crippen LogP contribution < -0.4 is 0 Å². The summed E-state index contributed by atoms with van der Waals surface area (Å²) in [5.74, 6) is 0.0351. The van der Waals surface area contributed by atoms with Gasteiger partial charge in [0.2, 0.25) is 0 Å². The van der Waals surface area contributed by atoms with Crippen LogP contribution >= 0.6 is 15.9 Å². The Balaban J connectivity index is 2.30. The SMILES string of the molecule is CCC(C(=O)OC)c1ncc(-c2cccc(Br)c2)[nH]1. The van der Waals surface area contributed by atoms with Crippen LogP contribution in [0.2, 0.25) is 0 Å². The van der Waals surface area contributed by atoms with Crippen molar-refractivity contribution in [2.24, 2.45) is 0 Å². The summed E-state index contributed by atoms with van der Waals surface area (Å²) in [5.41, 5.74) is 1.91. The quantitative estimate of drug-likeness (QED) is 0.876. The predicted molar refractivity (Wildman–Crippen MR) is 76.8 cm³/mol. The van der Waals surface area contributed by atoms with Gasteiger partial charge < -0.3 is 9.72 Å². The van der Waals surface area contributed by atoms with E-state index in [1.165, 1.54) is 7.11 Å². The van der Waals surface area contributed by atoms with Gasteiger partial charge in [-0.3, -0.25) is 4.79 Å². The first-order chi connectivity index (χ1) is 9.15. The highest BCUT2D eigenvalue weighted by Crippen LogP contribution is 2.24. The molecule has 1 heterocycles. The number of carbonyl (C=O) groups excluding carboxylic acids is 1. The van der Waals surface area contributed by atoms with E-state index in [-0.39, 0.29) is 11.9 Å². The number of esters is 1. The number of halogens is 1. The van der Waals surface area contributed by atoms with Gasteiger partial charge in [-0.15, -0.1) is 0 Å². The van der Waals surface area contributed by atoms with E-state index in [1.807, 2.05) is 31.2 Å². The molecular weight excluding hydrogens is 308 g/mol. The summed E-state index contributed by atoms with van der Waals surface area (Å²) >= 11 is 3.43. The number of H-pyrrole nitrogens is 1. The van der Waals surface area contributed by atoms with Crippen LogP contribution in [0.15, 0.2) is 34.9 Å². The first-order valence-electron chi connectivity index (χ1n) is 6.04. The Morgan fingerprint density at radius 2 is 2.32 bits per heavy atom. The van der Waals surface area contributed by atoms with E-state index >= 15 is 0 Å². The highest BCUT2D eigenvalue weighted by atomic mass is 79.9. The minimum absolute atomic E-state index is 0.266. The molecule has 0 saturated heterocycles. The topological polar surface area (TPSA) is 55.0 Å². The largest absolute Gasteiger partial charge is 0.468 e. The Morgan fingerprint density at radius 1 is 1.53 bits per heavy atom. The van der Waals surface area contributed by atoms with E-state index in [1.54, 1.807) is 6.20 Å². The number of aromatic nitrogens is 2. The van der Waals surface area contributed by atoms with E-state index in [0.29, 0.717) is 12.2 Å². The molecular formula is C14H15BrN2O2. The molecule has 4 nitrogen and oxygen atoms in total. The smallest absolute Gasteiger partial charge is 0.316 e. The molecule has 0 aliphatic carbocycles. The summed E-state index contributed by atoms with van der Waals surface area (Å²) in [6.45, 7) is 1.93. The summed E-state index contributed by atoms with van der Waals surface area (Å²) in [6.07, 6.45) is 2.39. The van der Waals surface area contributed by atoms with Gasteiger partial charge in [0.1, 0.15) is 11.7 Å². The van der Waals surface area contributed by atoms with Gasteiger partial charge in [0.05, 0.1) is 19.0 Å². The number of nitrogens with one attached hydrogen (secondary N) is 1. The van der Waals surface area contributed by atoms with Crippen LogP contribution in [-0.2, 0) is 9.53 Å². The lowest BCUT2D eigenvalue weighted by atomic mass is 10.1. The van der Waals surface area contributed by atoms with Crippen molar-refractivity contribution in [2.45, 2.75) is 19.3 Å². The van der Waals surface area contributed by atoms with Crippen molar-refractivity contribution < 1.29 is 9.53 Å². The average molecular weight is 323 g/mol. The van der Waals surface area contributed by atoms with E-state index in [9.17, 15) is 4.79 Å². The molecule has 0 amide bonds. The zero-order valence-corrected chi connectivity index (χ0v) is 12.4. The monoisotopic (exact) mass is 322 g/mol. The summed E-state index contributed by atoms with van der Waals surface area (Å²) in [7, 11) is 1.39. The second-order valence-corrected chi connectivity index (χ2v) is 5.09. The first kappa shape index (κ1) is 13.8. The maximum atomic E-state index is 11.7. The number of nitrogens with zero attached hydrogens (tertiary/aromatic N) is 1. The van der Waals surface area contributed by atoms with Crippen LogP contribution in [0.1, 0.15) is 25.1 Å². The molecule has 5 heteroatoms. The summed E-state index contributed by atoms with van der Waals surface area (Å²) in [6, 6.07) is 7.90. The van der Waals surface area contributed by atoms with Crippen molar-refractivity contribution in [1.29, 1.82) is 0 Å². The molecule has 0 aliphatic heterocycles. The first-order valence-corrected chi connectivity index (χ1v) is 6.83. The molecule has 1 unspecified atom stereocenters. The van der Waals surface area contributed by atoms with Gasteiger partial charge in [-0.05, 0) is 18.6 Å². The number of carbonyl (C=O) groups is 1. The molecule has 0 bridgehead atoms. The molecule has 2 aromatic rings. The Hall–Kier alpha value is -1.62. The number of methoxy groups -OCH3 is 1. The normalized spacial score (nSPS) is 12.2. The van der Waals surface area contributed by atoms with E-state index < -0.39 is 0 Å². The highest BCUT2D eigenvalue weighted by Gasteiger charge is 2.22. The Kier molecular flexibility index (Phi) is 4.37. The van der Waals surface area contributed by atoms with Crippen LogP contribution in [0.25, 0.3) is 11.3 Å². The Bertz CT molecular complexity index is 580. The third kappa shape index (κ3) is 3.04. The molecule has 0 aliphatic rings. The summed E-state index contributed by atoms with van der Waals surface area (Å²) < 4.78 is 5.79. The zero-order chi connectivity index (χ0) is 13.8. The van der Waals surface area contributed by atoms with Gasteiger partial charge in [-0.1, -0.05) is 35.0 Å². The van der Waals surface area contributed by atoms with Gasteiger partial charge in [-0.25, -0.2) is 4.98 Å². The minimum atomic E-state index is -0.342. The number of hydrogen-bond acceptors (Lipinski definition) is 3. The van der Waals surface area contributed by atoms with Crippen molar-refractivity contribution in [3.63, 3.8) is 0 Å². The lowest BCUT2D eigenvalue weighted by molar-refractivity contribution is -0.142.